The van der Waals surface area contributed by atoms with Crippen LogP contribution < -0.4 is 10.2 Å². The van der Waals surface area contributed by atoms with Crippen molar-refractivity contribution in [1.29, 1.82) is 0 Å². The first kappa shape index (κ1) is 42.2. The first-order chi connectivity index (χ1) is 20.5. The van der Waals surface area contributed by atoms with E-state index in [1.165, 1.54) is 89.9 Å². The normalized spacial score (nSPS) is 15.0. The average molecular weight is 633 g/mol. The van der Waals surface area contributed by atoms with E-state index in [9.17, 15) is 19.4 Å². The van der Waals surface area contributed by atoms with Gasteiger partial charge >= 0.3 is 0 Å². The summed E-state index contributed by atoms with van der Waals surface area (Å²) in [6, 6.07) is -0.876. The Balaban J connectivity index is 4.61. The first-order valence-corrected chi connectivity index (χ1v) is 19.0. The molecule has 0 saturated carbocycles. The van der Waals surface area contributed by atoms with Gasteiger partial charge in [0.25, 0.3) is 7.82 Å². The lowest BCUT2D eigenvalue weighted by molar-refractivity contribution is -0.870. The number of phosphoric ester groups is 1. The minimum Gasteiger partial charge on any atom is -0.756 e. The molecule has 43 heavy (non-hydrogen) atoms. The molecule has 2 N–H and O–H groups in total. The lowest BCUT2D eigenvalue weighted by Crippen LogP contribution is -2.45. The molecule has 0 heterocycles. The topological polar surface area (TPSA) is 108 Å². The first-order valence-electron chi connectivity index (χ1n) is 17.6. The van der Waals surface area contributed by atoms with Gasteiger partial charge in [0.05, 0.1) is 39.9 Å². The van der Waals surface area contributed by atoms with Gasteiger partial charge in [-0.15, -0.1) is 0 Å². The minimum atomic E-state index is -4.57. The fourth-order valence-electron chi connectivity index (χ4n) is 4.86. The summed E-state index contributed by atoms with van der Waals surface area (Å²) in [5.74, 6) is -0.203. The SMILES string of the molecule is CCCCCCCCCCC/C=C/C(O)C(COP(=O)([O-])OCC[N+](C)(C)C)NC(=O)CCCCCCCCCCCC. The molecule has 0 fully saturated rings. The molecule has 3 atom stereocenters. The molecule has 0 bridgehead atoms. The van der Waals surface area contributed by atoms with E-state index >= 15 is 0 Å². The van der Waals surface area contributed by atoms with Gasteiger partial charge in [0.15, 0.2) is 0 Å². The zero-order chi connectivity index (χ0) is 32.2. The average Bonchev–Trinajstić information content (AvgIpc) is 2.94. The van der Waals surface area contributed by atoms with Crippen molar-refractivity contribution in [3.63, 3.8) is 0 Å². The van der Waals surface area contributed by atoms with Gasteiger partial charge in [-0.05, 0) is 19.3 Å². The largest absolute Gasteiger partial charge is 0.756 e. The van der Waals surface area contributed by atoms with Crippen molar-refractivity contribution in [2.75, 3.05) is 40.9 Å². The lowest BCUT2D eigenvalue weighted by Gasteiger charge is -2.29. The smallest absolute Gasteiger partial charge is 0.268 e. The van der Waals surface area contributed by atoms with Crippen molar-refractivity contribution in [3.8, 4) is 0 Å². The van der Waals surface area contributed by atoms with Crippen LogP contribution in [0.5, 0.6) is 0 Å². The molecule has 1 amide bonds. The van der Waals surface area contributed by atoms with E-state index in [2.05, 4.69) is 19.2 Å². The standard InChI is InChI=1S/C34H69N2O6P/c1-6-8-10-12-14-16-18-19-21-23-25-27-33(37)32(31-42-43(39,40)41-30-29-36(3,4)5)35-34(38)28-26-24-22-20-17-15-13-11-9-7-2/h25,27,32-33,37H,6-24,26,28-31H2,1-5H3,(H-,35,38,39,40)/b27-25+. The van der Waals surface area contributed by atoms with Crippen molar-refractivity contribution in [2.24, 2.45) is 0 Å². The van der Waals surface area contributed by atoms with Gasteiger partial charge < -0.3 is 28.8 Å². The molecule has 0 radical (unpaired) electrons. The van der Waals surface area contributed by atoms with Crippen molar-refractivity contribution in [1.82, 2.24) is 5.32 Å². The Hall–Kier alpha value is -0.760. The number of unbranched alkanes of at least 4 members (excludes halogenated alkanes) is 18. The van der Waals surface area contributed by atoms with E-state index in [0.29, 0.717) is 17.4 Å². The van der Waals surface area contributed by atoms with Gasteiger partial charge in [-0.3, -0.25) is 9.36 Å². The molecule has 0 rings (SSSR count). The zero-order valence-corrected chi connectivity index (χ0v) is 29.6. The van der Waals surface area contributed by atoms with E-state index in [4.69, 9.17) is 9.05 Å². The van der Waals surface area contributed by atoms with Gasteiger partial charge in [-0.25, -0.2) is 0 Å². The Morgan fingerprint density at radius 3 is 1.74 bits per heavy atom. The molecular weight excluding hydrogens is 563 g/mol. The van der Waals surface area contributed by atoms with Crippen molar-refractivity contribution >= 4 is 13.7 Å². The highest BCUT2D eigenvalue weighted by Crippen LogP contribution is 2.38. The Kier molecular flexibility index (Phi) is 27.1. The summed E-state index contributed by atoms with van der Waals surface area (Å²) >= 11 is 0. The highest BCUT2D eigenvalue weighted by atomic mass is 31.2. The number of phosphoric acid groups is 1. The van der Waals surface area contributed by atoms with Crippen LogP contribution in [-0.2, 0) is 18.4 Å². The second-order valence-electron chi connectivity index (χ2n) is 13.2. The number of nitrogens with zero attached hydrogens (tertiary/aromatic N) is 1. The van der Waals surface area contributed by atoms with E-state index in [0.717, 1.165) is 38.5 Å². The van der Waals surface area contributed by atoms with Crippen LogP contribution in [0.15, 0.2) is 12.2 Å². The van der Waals surface area contributed by atoms with Crippen molar-refractivity contribution < 1.29 is 32.9 Å². The fourth-order valence-corrected chi connectivity index (χ4v) is 5.58. The number of aliphatic hydroxyl groups excluding tert-OH is 1. The van der Waals surface area contributed by atoms with Crippen LogP contribution in [0.2, 0.25) is 0 Å². The molecule has 0 aliphatic heterocycles. The molecule has 8 nitrogen and oxygen atoms in total. The molecule has 0 aromatic carbocycles. The summed E-state index contributed by atoms with van der Waals surface area (Å²) in [5.41, 5.74) is 0. The van der Waals surface area contributed by atoms with Crippen LogP contribution in [0.3, 0.4) is 0 Å². The minimum absolute atomic E-state index is 0.00123. The third-order valence-electron chi connectivity index (χ3n) is 7.75. The predicted molar refractivity (Wildman–Crippen MR) is 178 cm³/mol. The predicted octanol–water partition coefficient (Wildman–Crippen LogP) is 7.83. The van der Waals surface area contributed by atoms with Gasteiger partial charge in [0, 0.05) is 6.42 Å². The molecule has 256 valence electrons. The van der Waals surface area contributed by atoms with Gasteiger partial charge in [-0.1, -0.05) is 135 Å². The molecule has 3 unspecified atom stereocenters. The molecule has 0 aliphatic rings. The summed E-state index contributed by atoms with van der Waals surface area (Å²) in [7, 11) is 1.26. The van der Waals surface area contributed by atoms with Crippen LogP contribution in [0.25, 0.3) is 0 Å². The van der Waals surface area contributed by atoms with Crippen LogP contribution in [0, 0.1) is 0 Å². The molecule has 0 spiro atoms. The molecule has 0 aliphatic carbocycles. The van der Waals surface area contributed by atoms with Crippen molar-refractivity contribution in [3.05, 3.63) is 12.2 Å². The number of amides is 1. The summed E-state index contributed by atoms with van der Waals surface area (Å²) in [5, 5.41) is 13.6. The number of aliphatic hydroxyl groups is 1. The number of nitrogens with one attached hydrogen (secondary N) is 1. The Morgan fingerprint density at radius 1 is 0.791 bits per heavy atom. The van der Waals surface area contributed by atoms with E-state index in [1.54, 1.807) is 6.08 Å². The molecular formula is C34H69N2O6P. The molecule has 0 aromatic heterocycles. The second kappa shape index (κ2) is 27.5. The maximum atomic E-state index is 12.7. The summed E-state index contributed by atoms with van der Waals surface area (Å²) < 4.78 is 23.0. The quantitative estimate of drug-likeness (QED) is 0.0349. The third kappa shape index (κ3) is 29.7. The number of allylic oxidation sites excluding steroid dienone is 1. The number of quaternary nitrogens is 1. The monoisotopic (exact) mass is 632 g/mol. The number of hydrogen-bond acceptors (Lipinski definition) is 6. The maximum absolute atomic E-state index is 12.7. The van der Waals surface area contributed by atoms with Crippen LogP contribution >= 0.6 is 7.82 Å². The summed E-state index contributed by atoms with van der Waals surface area (Å²) in [6.45, 7) is 4.59. The number of hydrogen-bond donors (Lipinski definition) is 2. The Bertz CT molecular complexity index is 728. The number of rotatable bonds is 31. The van der Waals surface area contributed by atoms with E-state index < -0.39 is 20.0 Å². The van der Waals surface area contributed by atoms with Gasteiger partial charge in [-0.2, -0.15) is 0 Å². The summed E-state index contributed by atoms with van der Waals surface area (Å²) in [4.78, 5) is 25.0. The van der Waals surface area contributed by atoms with Crippen molar-refractivity contribution in [2.45, 2.75) is 161 Å². The third-order valence-corrected chi connectivity index (χ3v) is 8.71. The zero-order valence-electron chi connectivity index (χ0n) is 28.7. The molecule has 0 saturated heterocycles. The number of likely N-dealkylation sites (N-methyl/N-ethyl adjacent to an activating group) is 1. The van der Waals surface area contributed by atoms with Crippen LogP contribution in [-0.4, -0.2) is 68.5 Å². The number of carbonyl (C=O) groups is 1. The highest BCUT2D eigenvalue weighted by molar-refractivity contribution is 7.45. The van der Waals surface area contributed by atoms with E-state index in [1.807, 2.05) is 27.2 Å². The van der Waals surface area contributed by atoms with Gasteiger partial charge in [0.2, 0.25) is 5.91 Å². The van der Waals surface area contributed by atoms with E-state index in [-0.39, 0.29) is 19.1 Å². The van der Waals surface area contributed by atoms with Crippen LogP contribution in [0.1, 0.15) is 149 Å². The second-order valence-corrected chi connectivity index (χ2v) is 14.6. The maximum Gasteiger partial charge on any atom is 0.268 e. The Morgan fingerprint density at radius 2 is 1.26 bits per heavy atom. The molecule has 0 aromatic rings. The summed E-state index contributed by atoms with van der Waals surface area (Å²) in [6.07, 6.45) is 26.8. The van der Waals surface area contributed by atoms with Crippen LogP contribution in [0.4, 0.5) is 0 Å². The Labute approximate surface area is 265 Å². The highest BCUT2D eigenvalue weighted by Gasteiger charge is 2.23. The number of carbonyl (C=O) groups excluding carboxylic acids is 1. The molecule has 9 heteroatoms. The van der Waals surface area contributed by atoms with Gasteiger partial charge in [0.1, 0.15) is 13.2 Å². The fraction of sp³-hybridized carbons (Fsp3) is 0.912. The lowest BCUT2D eigenvalue weighted by atomic mass is 10.1.